The fraction of sp³-hybridized carbons (Fsp3) is 0.188. The van der Waals surface area contributed by atoms with Crippen molar-refractivity contribution in [3.8, 4) is 0 Å². The molecule has 24 heavy (non-hydrogen) atoms. The number of aryl methyl sites for hydroxylation is 1. The minimum Gasteiger partial charge on any atom is -0.310 e. The smallest absolute Gasteiger partial charge is 0.310 e. The monoisotopic (exact) mass is 351 g/mol. The van der Waals surface area contributed by atoms with Crippen LogP contribution >= 0.6 is 11.3 Å². The Labute approximate surface area is 139 Å². The third-order valence-corrected chi connectivity index (χ3v) is 4.11. The molecule has 0 aliphatic rings. The Hall–Kier alpha value is -2.48. The lowest BCUT2D eigenvalue weighted by Crippen LogP contribution is -2.15. The number of pyridine rings is 2. The first kappa shape index (κ1) is 16.4. The van der Waals surface area contributed by atoms with E-state index in [0.717, 1.165) is 11.6 Å². The van der Waals surface area contributed by atoms with Crippen LogP contribution in [0.2, 0.25) is 0 Å². The number of carbonyl (C=O) groups is 1. The van der Waals surface area contributed by atoms with Gasteiger partial charge in [0.2, 0.25) is 5.91 Å². The maximum atomic E-state index is 12.9. The number of amides is 1. The van der Waals surface area contributed by atoms with Crippen molar-refractivity contribution in [2.24, 2.45) is 0 Å². The van der Waals surface area contributed by atoms with E-state index in [2.05, 4.69) is 15.3 Å². The van der Waals surface area contributed by atoms with Crippen molar-refractivity contribution in [3.05, 3.63) is 51.8 Å². The minimum absolute atomic E-state index is 0.0457. The molecule has 0 saturated heterocycles. The Kier molecular flexibility index (Phi) is 4.23. The molecule has 3 heterocycles. The summed E-state index contributed by atoms with van der Waals surface area (Å²) in [6.45, 7) is 1.57. The number of hydrogen-bond donors (Lipinski definition) is 1. The second kappa shape index (κ2) is 6.20. The first-order valence-electron chi connectivity index (χ1n) is 6.99. The van der Waals surface area contributed by atoms with E-state index in [9.17, 15) is 18.0 Å². The molecule has 3 aromatic rings. The van der Waals surface area contributed by atoms with Crippen molar-refractivity contribution < 1.29 is 18.0 Å². The van der Waals surface area contributed by atoms with E-state index in [4.69, 9.17) is 0 Å². The zero-order chi connectivity index (χ0) is 17.3. The van der Waals surface area contributed by atoms with Crippen LogP contribution in [0.5, 0.6) is 0 Å². The number of rotatable bonds is 3. The quantitative estimate of drug-likeness (QED) is 0.769. The van der Waals surface area contributed by atoms with Gasteiger partial charge in [0.05, 0.1) is 6.42 Å². The standard InChI is InChI=1S/C16H12F3N3OS/c1-9-6-12(16(17,18)19)20-15-11(9)2-3-13(22-15)21-14(23)7-10-4-5-24-8-10/h2-6,8H,7H2,1H3,(H,20,21,22,23). The van der Waals surface area contributed by atoms with Gasteiger partial charge in [0.25, 0.3) is 0 Å². The van der Waals surface area contributed by atoms with Crippen molar-refractivity contribution in [2.75, 3.05) is 5.32 Å². The topological polar surface area (TPSA) is 54.9 Å². The summed E-state index contributed by atoms with van der Waals surface area (Å²) in [5, 5.41) is 6.81. The van der Waals surface area contributed by atoms with Crippen molar-refractivity contribution in [2.45, 2.75) is 19.5 Å². The molecule has 0 fully saturated rings. The van der Waals surface area contributed by atoms with E-state index in [0.29, 0.717) is 10.9 Å². The number of nitrogens with one attached hydrogen (secondary N) is 1. The molecule has 0 aliphatic carbocycles. The molecule has 3 aromatic heterocycles. The summed E-state index contributed by atoms with van der Waals surface area (Å²) in [5.74, 6) is -0.113. The predicted molar refractivity (Wildman–Crippen MR) is 85.9 cm³/mol. The first-order chi connectivity index (χ1) is 11.3. The average Bonchev–Trinajstić information content (AvgIpc) is 2.98. The van der Waals surface area contributed by atoms with Crippen LogP contribution in [0, 0.1) is 6.92 Å². The molecule has 0 atom stereocenters. The van der Waals surface area contributed by atoms with Crippen LogP contribution < -0.4 is 5.32 Å². The minimum atomic E-state index is -4.54. The van der Waals surface area contributed by atoms with Crippen molar-refractivity contribution in [1.29, 1.82) is 0 Å². The molecular weight excluding hydrogens is 339 g/mol. The van der Waals surface area contributed by atoms with Crippen LogP contribution in [-0.2, 0) is 17.4 Å². The molecule has 1 amide bonds. The maximum Gasteiger partial charge on any atom is 0.433 e. The molecule has 0 saturated carbocycles. The summed E-state index contributed by atoms with van der Waals surface area (Å²) in [4.78, 5) is 19.6. The van der Waals surface area contributed by atoms with Gasteiger partial charge in [-0.05, 0) is 53.1 Å². The Morgan fingerprint density at radius 1 is 1.25 bits per heavy atom. The summed E-state index contributed by atoms with van der Waals surface area (Å²) >= 11 is 1.48. The largest absolute Gasteiger partial charge is 0.433 e. The molecule has 8 heteroatoms. The Balaban J connectivity index is 1.88. The molecular formula is C16H12F3N3OS. The molecule has 0 spiro atoms. The van der Waals surface area contributed by atoms with Gasteiger partial charge in [0.15, 0.2) is 5.65 Å². The van der Waals surface area contributed by atoms with Crippen LogP contribution in [0.25, 0.3) is 11.0 Å². The number of nitrogens with zero attached hydrogens (tertiary/aromatic N) is 2. The lowest BCUT2D eigenvalue weighted by atomic mass is 10.1. The van der Waals surface area contributed by atoms with E-state index in [1.807, 2.05) is 16.8 Å². The van der Waals surface area contributed by atoms with Crippen molar-refractivity contribution in [1.82, 2.24) is 9.97 Å². The third kappa shape index (κ3) is 3.53. The van der Waals surface area contributed by atoms with Gasteiger partial charge in [-0.2, -0.15) is 24.5 Å². The summed E-state index contributed by atoms with van der Waals surface area (Å²) in [6.07, 6.45) is -4.36. The Morgan fingerprint density at radius 2 is 2.04 bits per heavy atom. The van der Waals surface area contributed by atoms with Crippen LogP contribution in [-0.4, -0.2) is 15.9 Å². The molecule has 0 bridgehead atoms. The fourth-order valence-electron chi connectivity index (χ4n) is 2.25. The molecule has 0 unspecified atom stereocenters. The predicted octanol–water partition coefficient (Wildman–Crippen LogP) is 4.20. The van der Waals surface area contributed by atoms with Gasteiger partial charge in [-0.25, -0.2) is 9.97 Å². The average molecular weight is 351 g/mol. The Bertz CT molecular complexity index is 891. The number of thiophene rings is 1. The lowest BCUT2D eigenvalue weighted by Gasteiger charge is -2.10. The highest BCUT2D eigenvalue weighted by Crippen LogP contribution is 2.30. The van der Waals surface area contributed by atoms with E-state index in [-0.39, 0.29) is 23.8 Å². The number of anilines is 1. The second-order valence-electron chi connectivity index (χ2n) is 5.25. The normalized spacial score (nSPS) is 11.7. The van der Waals surface area contributed by atoms with E-state index in [1.165, 1.54) is 11.3 Å². The molecule has 0 radical (unpaired) electrons. The number of hydrogen-bond acceptors (Lipinski definition) is 4. The van der Waals surface area contributed by atoms with E-state index >= 15 is 0 Å². The zero-order valence-electron chi connectivity index (χ0n) is 12.5. The van der Waals surface area contributed by atoms with Crippen LogP contribution in [0.3, 0.4) is 0 Å². The second-order valence-corrected chi connectivity index (χ2v) is 6.03. The summed E-state index contributed by atoms with van der Waals surface area (Å²) in [6, 6.07) is 5.97. The summed E-state index contributed by atoms with van der Waals surface area (Å²) in [5.41, 5.74) is 0.250. The van der Waals surface area contributed by atoms with Gasteiger partial charge in [0, 0.05) is 5.39 Å². The van der Waals surface area contributed by atoms with Crippen molar-refractivity contribution in [3.63, 3.8) is 0 Å². The summed E-state index contributed by atoms with van der Waals surface area (Å²) in [7, 11) is 0. The number of fused-ring (bicyclic) bond motifs is 1. The molecule has 1 N–H and O–H groups in total. The van der Waals surface area contributed by atoms with Crippen LogP contribution in [0.4, 0.5) is 19.0 Å². The van der Waals surface area contributed by atoms with E-state index in [1.54, 1.807) is 19.1 Å². The van der Waals surface area contributed by atoms with Gasteiger partial charge in [-0.1, -0.05) is 0 Å². The zero-order valence-corrected chi connectivity index (χ0v) is 13.3. The molecule has 4 nitrogen and oxygen atoms in total. The lowest BCUT2D eigenvalue weighted by molar-refractivity contribution is -0.141. The Morgan fingerprint density at radius 3 is 2.71 bits per heavy atom. The van der Waals surface area contributed by atoms with Crippen molar-refractivity contribution >= 4 is 34.1 Å². The fourth-order valence-corrected chi connectivity index (χ4v) is 2.92. The third-order valence-electron chi connectivity index (χ3n) is 3.38. The van der Waals surface area contributed by atoms with Gasteiger partial charge in [-0.15, -0.1) is 0 Å². The summed E-state index contributed by atoms with van der Waals surface area (Å²) < 4.78 is 38.6. The van der Waals surface area contributed by atoms with E-state index < -0.39 is 11.9 Å². The number of aromatic nitrogens is 2. The molecule has 0 aliphatic heterocycles. The van der Waals surface area contributed by atoms with Gasteiger partial charge in [-0.3, -0.25) is 4.79 Å². The molecule has 124 valence electrons. The number of halogens is 3. The SMILES string of the molecule is Cc1cc(C(F)(F)F)nc2nc(NC(=O)Cc3ccsc3)ccc12. The molecule has 0 aromatic carbocycles. The highest BCUT2D eigenvalue weighted by Gasteiger charge is 2.33. The number of carbonyl (C=O) groups excluding carboxylic acids is 1. The van der Waals surface area contributed by atoms with Crippen LogP contribution in [0.1, 0.15) is 16.8 Å². The van der Waals surface area contributed by atoms with Crippen LogP contribution in [0.15, 0.2) is 35.0 Å². The molecule has 3 rings (SSSR count). The van der Waals surface area contributed by atoms with Gasteiger partial charge >= 0.3 is 6.18 Å². The van der Waals surface area contributed by atoms with Gasteiger partial charge in [0.1, 0.15) is 11.5 Å². The highest BCUT2D eigenvalue weighted by atomic mass is 32.1. The van der Waals surface area contributed by atoms with Gasteiger partial charge < -0.3 is 5.32 Å². The maximum absolute atomic E-state index is 12.9. The number of alkyl halides is 3. The first-order valence-corrected chi connectivity index (χ1v) is 7.94. The highest BCUT2D eigenvalue weighted by molar-refractivity contribution is 7.08.